The molecule has 0 aromatic heterocycles. The van der Waals surface area contributed by atoms with Crippen LogP contribution in [0, 0.1) is 5.92 Å². The predicted octanol–water partition coefficient (Wildman–Crippen LogP) is 1.94. The number of likely N-dealkylation sites (N-methyl/N-ethyl adjacent to an activating group) is 1. The van der Waals surface area contributed by atoms with Crippen LogP contribution in [0.3, 0.4) is 0 Å². The summed E-state index contributed by atoms with van der Waals surface area (Å²) in [4.78, 5) is 15.2. The number of carbonyl (C=O) groups is 1. The second kappa shape index (κ2) is 9.28. The van der Waals surface area contributed by atoms with Crippen LogP contribution in [0.4, 0.5) is 0 Å². The van der Waals surface area contributed by atoms with Crippen molar-refractivity contribution in [2.75, 3.05) is 53.6 Å². The average Bonchev–Trinajstić information content (AvgIpc) is 2.97. The molecule has 2 aliphatic heterocycles. The first-order chi connectivity index (χ1) is 13.2. The summed E-state index contributed by atoms with van der Waals surface area (Å²) in [5.41, 5.74) is 0.479. The number of methoxy groups -OCH3 is 2. The van der Waals surface area contributed by atoms with Crippen molar-refractivity contribution in [3.05, 3.63) is 17.7 Å². The van der Waals surface area contributed by atoms with Gasteiger partial charge in [0.1, 0.15) is 0 Å². The van der Waals surface area contributed by atoms with Gasteiger partial charge >= 0.3 is 0 Å². The van der Waals surface area contributed by atoms with Gasteiger partial charge in [-0.1, -0.05) is 6.92 Å². The van der Waals surface area contributed by atoms with Gasteiger partial charge in [0.05, 0.1) is 32.0 Å². The van der Waals surface area contributed by atoms with E-state index in [0.717, 1.165) is 32.5 Å². The molecule has 7 nitrogen and oxygen atoms in total. The molecule has 3 rings (SSSR count). The second-order valence-corrected chi connectivity index (χ2v) is 6.95. The first-order valence-electron chi connectivity index (χ1n) is 9.67. The van der Waals surface area contributed by atoms with Crippen LogP contribution in [0.15, 0.2) is 12.1 Å². The molecule has 27 heavy (non-hydrogen) atoms. The van der Waals surface area contributed by atoms with Gasteiger partial charge in [0.2, 0.25) is 5.75 Å². The topological polar surface area (TPSA) is 69.3 Å². The number of carbonyl (C=O) groups excluding carboxylic acids is 1. The molecule has 0 bridgehead atoms. The number of nitrogens with one attached hydrogen (secondary N) is 1. The average molecular weight is 378 g/mol. The molecule has 0 saturated carbocycles. The summed E-state index contributed by atoms with van der Waals surface area (Å²) in [6.07, 6.45) is 1.91. The molecule has 1 aromatic rings. The Morgan fingerprint density at radius 3 is 2.74 bits per heavy atom. The quantitative estimate of drug-likeness (QED) is 0.816. The van der Waals surface area contributed by atoms with E-state index in [9.17, 15) is 4.79 Å². The summed E-state index contributed by atoms with van der Waals surface area (Å²) < 4.78 is 22.6. The summed E-state index contributed by atoms with van der Waals surface area (Å²) in [6.45, 7) is 6.76. The lowest BCUT2D eigenvalue weighted by Gasteiger charge is -2.37. The highest BCUT2D eigenvalue weighted by Gasteiger charge is 2.30. The third-order valence-corrected chi connectivity index (χ3v) is 5.38. The number of nitrogens with zero attached hydrogens (tertiary/aromatic N) is 1. The highest BCUT2D eigenvalue weighted by atomic mass is 16.5. The summed E-state index contributed by atoms with van der Waals surface area (Å²) in [5, 5.41) is 3.06. The number of benzene rings is 1. The number of hydrogen-bond acceptors (Lipinski definition) is 6. The molecule has 2 aliphatic rings. The zero-order valence-corrected chi connectivity index (χ0v) is 16.5. The number of amides is 1. The van der Waals surface area contributed by atoms with E-state index in [2.05, 4.69) is 17.1 Å². The Kier molecular flexibility index (Phi) is 6.79. The Labute approximate surface area is 160 Å². The Morgan fingerprint density at radius 2 is 2.04 bits per heavy atom. The fraction of sp³-hybridized carbons (Fsp3) is 0.650. The maximum atomic E-state index is 12.8. The molecule has 2 atom stereocenters. The van der Waals surface area contributed by atoms with Crippen molar-refractivity contribution in [3.63, 3.8) is 0 Å². The number of ether oxygens (including phenoxy) is 4. The van der Waals surface area contributed by atoms with Crippen molar-refractivity contribution in [2.24, 2.45) is 5.92 Å². The predicted molar refractivity (Wildman–Crippen MR) is 102 cm³/mol. The van der Waals surface area contributed by atoms with E-state index < -0.39 is 0 Å². The van der Waals surface area contributed by atoms with E-state index in [1.54, 1.807) is 26.4 Å². The largest absolute Gasteiger partial charge is 0.493 e. The lowest BCUT2D eigenvalue weighted by atomic mass is 9.93. The number of hydrogen-bond donors (Lipinski definition) is 1. The third kappa shape index (κ3) is 4.47. The third-order valence-electron chi connectivity index (χ3n) is 5.38. The zero-order valence-electron chi connectivity index (χ0n) is 16.5. The van der Waals surface area contributed by atoms with Crippen LogP contribution in [0.2, 0.25) is 0 Å². The lowest BCUT2D eigenvalue weighted by molar-refractivity contribution is -0.00876. The van der Waals surface area contributed by atoms with Gasteiger partial charge in [0.25, 0.3) is 5.91 Å². The Hall–Kier alpha value is -1.99. The summed E-state index contributed by atoms with van der Waals surface area (Å²) in [7, 11) is 3.32. The summed E-state index contributed by atoms with van der Waals surface area (Å²) in [5.74, 6) is 1.69. The Balaban J connectivity index is 1.69. The second-order valence-electron chi connectivity index (χ2n) is 6.95. The van der Waals surface area contributed by atoms with Crippen LogP contribution in [0.1, 0.15) is 30.1 Å². The minimum Gasteiger partial charge on any atom is -0.493 e. The van der Waals surface area contributed by atoms with Gasteiger partial charge in [-0.2, -0.15) is 0 Å². The number of fused-ring (bicyclic) bond motifs is 1. The van der Waals surface area contributed by atoms with Crippen LogP contribution in [-0.4, -0.2) is 70.5 Å². The molecule has 1 unspecified atom stereocenters. The van der Waals surface area contributed by atoms with Crippen LogP contribution in [-0.2, 0) is 4.74 Å². The molecule has 150 valence electrons. The molecule has 0 aliphatic carbocycles. The van der Waals surface area contributed by atoms with Crippen molar-refractivity contribution in [3.8, 4) is 17.2 Å². The van der Waals surface area contributed by atoms with Crippen molar-refractivity contribution in [2.45, 2.75) is 25.9 Å². The molecule has 1 N–H and O–H groups in total. The first kappa shape index (κ1) is 19.8. The summed E-state index contributed by atoms with van der Waals surface area (Å²) in [6, 6.07) is 3.48. The van der Waals surface area contributed by atoms with Crippen LogP contribution in [0.5, 0.6) is 17.2 Å². The van der Waals surface area contributed by atoms with E-state index in [0.29, 0.717) is 48.5 Å². The molecule has 1 aromatic carbocycles. The molecule has 0 radical (unpaired) electrons. The molecule has 7 heteroatoms. The van der Waals surface area contributed by atoms with Gasteiger partial charge in [-0.05, 0) is 31.6 Å². The lowest BCUT2D eigenvalue weighted by Crippen LogP contribution is -2.48. The van der Waals surface area contributed by atoms with Crippen LogP contribution in [0.25, 0.3) is 0 Å². The molecule has 2 heterocycles. The normalized spacial score (nSPS) is 22.8. The molecule has 0 spiro atoms. The zero-order chi connectivity index (χ0) is 19.2. The first-order valence-corrected chi connectivity index (χ1v) is 9.67. The molecular formula is C20H30N2O5. The minimum atomic E-state index is -0.160. The highest BCUT2D eigenvalue weighted by molar-refractivity contribution is 5.98. The maximum Gasteiger partial charge on any atom is 0.255 e. The van der Waals surface area contributed by atoms with E-state index in [1.165, 1.54) is 0 Å². The van der Waals surface area contributed by atoms with Gasteiger partial charge in [-0.3, -0.25) is 4.79 Å². The SMILES string of the molecule is CCN1CC[C@@H](CNC(=O)c2ccc(OC)c3c2OCCCO3)C(OC)C1. The van der Waals surface area contributed by atoms with Crippen molar-refractivity contribution < 1.29 is 23.7 Å². The van der Waals surface area contributed by atoms with E-state index >= 15 is 0 Å². The van der Waals surface area contributed by atoms with Crippen molar-refractivity contribution in [1.82, 2.24) is 10.2 Å². The van der Waals surface area contributed by atoms with Crippen LogP contribution >= 0.6 is 0 Å². The van der Waals surface area contributed by atoms with Crippen LogP contribution < -0.4 is 19.5 Å². The monoisotopic (exact) mass is 378 g/mol. The van der Waals surface area contributed by atoms with Crippen molar-refractivity contribution >= 4 is 5.91 Å². The smallest absolute Gasteiger partial charge is 0.255 e. The highest BCUT2D eigenvalue weighted by Crippen LogP contribution is 2.41. The molecule has 1 amide bonds. The van der Waals surface area contributed by atoms with Gasteiger partial charge in [-0.25, -0.2) is 0 Å². The maximum absolute atomic E-state index is 12.8. The van der Waals surface area contributed by atoms with Crippen molar-refractivity contribution in [1.29, 1.82) is 0 Å². The number of likely N-dealkylation sites (tertiary alicyclic amines) is 1. The van der Waals surface area contributed by atoms with Gasteiger partial charge in [0.15, 0.2) is 11.5 Å². The fourth-order valence-electron chi connectivity index (χ4n) is 3.71. The van der Waals surface area contributed by atoms with Gasteiger partial charge < -0.3 is 29.2 Å². The standard InChI is InChI=1S/C20H30N2O5/c1-4-22-9-8-14(17(13-22)25-3)12-21-20(23)15-6-7-16(24-2)19-18(15)26-10-5-11-27-19/h6-7,14,17H,4-5,8-13H2,1-3H3,(H,21,23)/t14-,17?/m0/s1. The number of rotatable bonds is 6. The number of piperidine rings is 1. The van der Waals surface area contributed by atoms with Gasteiger partial charge in [-0.15, -0.1) is 0 Å². The van der Waals surface area contributed by atoms with E-state index in [1.807, 2.05) is 0 Å². The van der Waals surface area contributed by atoms with E-state index in [4.69, 9.17) is 18.9 Å². The molecule has 1 fully saturated rings. The Morgan fingerprint density at radius 1 is 1.26 bits per heavy atom. The molecular weight excluding hydrogens is 348 g/mol. The minimum absolute atomic E-state index is 0.131. The van der Waals surface area contributed by atoms with Gasteiger partial charge in [0, 0.05) is 32.5 Å². The summed E-state index contributed by atoms with van der Waals surface area (Å²) >= 11 is 0. The molecule has 1 saturated heterocycles. The fourth-order valence-corrected chi connectivity index (χ4v) is 3.71. The Bertz CT molecular complexity index is 652. The van der Waals surface area contributed by atoms with E-state index in [-0.39, 0.29) is 12.0 Å².